The highest BCUT2D eigenvalue weighted by atomic mass is 127. The zero-order valence-electron chi connectivity index (χ0n) is 14.1. The van der Waals surface area contributed by atoms with Gasteiger partial charge in [0.25, 0.3) is 0 Å². The van der Waals surface area contributed by atoms with Gasteiger partial charge in [0.15, 0.2) is 5.96 Å². The molecule has 132 valence electrons. The lowest BCUT2D eigenvalue weighted by molar-refractivity contribution is 0.506. The molecule has 4 nitrogen and oxygen atoms in total. The molecule has 2 N–H and O–H groups in total. The maximum atomic E-state index is 5.37. The van der Waals surface area contributed by atoms with E-state index in [4.69, 9.17) is 9.41 Å². The van der Waals surface area contributed by atoms with E-state index in [1.54, 1.807) is 6.26 Å². The Balaban J connectivity index is 0.00000264. The lowest BCUT2D eigenvalue weighted by Crippen LogP contribution is -2.43. The van der Waals surface area contributed by atoms with E-state index in [0.717, 1.165) is 37.7 Å². The van der Waals surface area contributed by atoms with Crippen molar-refractivity contribution in [2.75, 3.05) is 25.1 Å². The second-order valence-corrected chi connectivity index (χ2v) is 6.80. The van der Waals surface area contributed by atoms with Crippen LogP contribution in [0.4, 0.5) is 0 Å². The van der Waals surface area contributed by atoms with Crippen LogP contribution in [0.2, 0.25) is 0 Å². The van der Waals surface area contributed by atoms with Crippen molar-refractivity contribution in [2.24, 2.45) is 4.99 Å². The molecule has 2 rings (SSSR count). The minimum Gasteiger partial charge on any atom is -0.469 e. The zero-order chi connectivity index (χ0) is 15.5. The normalized spacial score (nSPS) is 15.4. The van der Waals surface area contributed by atoms with Gasteiger partial charge in [-0.15, -0.1) is 24.0 Å². The van der Waals surface area contributed by atoms with Gasteiger partial charge in [-0.3, -0.25) is 4.99 Å². The number of guanidine groups is 1. The highest BCUT2D eigenvalue weighted by Crippen LogP contribution is 2.17. The Morgan fingerprint density at radius 2 is 2.17 bits per heavy atom. The smallest absolute Gasteiger partial charge is 0.191 e. The number of hydrogen-bond donors (Lipinski definition) is 2. The quantitative estimate of drug-likeness (QED) is 0.257. The van der Waals surface area contributed by atoms with Gasteiger partial charge in [0.2, 0.25) is 0 Å². The number of halogens is 1. The van der Waals surface area contributed by atoms with Gasteiger partial charge in [-0.25, -0.2) is 0 Å². The molecule has 0 aromatic carbocycles. The number of rotatable bonds is 9. The monoisotopic (exact) mass is 451 g/mol. The second-order valence-electron chi connectivity index (χ2n) is 5.81. The molecule has 1 fully saturated rings. The first-order chi connectivity index (χ1) is 10.9. The minimum atomic E-state index is 0. The maximum Gasteiger partial charge on any atom is 0.191 e. The largest absolute Gasteiger partial charge is 0.469 e. The van der Waals surface area contributed by atoms with Gasteiger partial charge in [0.05, 0.1) is 6.26 Å². The predicted octanol–water partition coefficient (Wildman–Crippen LogP) is 4.06. The van der Waals surface area contributed by atoms with E-state index in [9.17, 15) is 0 Å². The summed E-state index contributed by atoms with van der Waals surface area (Å²) in [6.07, 6.45) is 12.4. The standard InChI is InChI=1S/C17H29N3OS.HI/c1-22-14-5-4-11-18-17(20-15-7-2-3-8-15)19-12-10-16-9-6-13-21-16;/h6,9,13,15H,2-5,7-8,10-12,14H2,1H3,(H2,18,19,20);1H. The molecule has 1 aromatic heterocycles. The SMILES string of the molecule is CSCCCCN=C(NCCc1ccco1)NC1CCCC1.I. The number of hydrogen-bond acceptors (Lipinski definition) is 3. The number of thioether (sulfide) groups is 1. The van der Waals surface area contributed by atoms with E-state index in [0.29, 0.717) is 6.04 Å². The molecule has 0 bridgehead atoms. The van der Waals surface area contributed by atoms with Gasteiger partial charge < -0.3 is 15.1 Å². The fourth-order valence-corrected chi connectivity index (χ4v) is 3.22. The number of aliphatic imine (C=N–C) groups is 1. The van der Waals surface area contributed by atoms with E-state index in [1.807, 2.05) is 23.9 Å². The summed E-state index contributed by atoms with van der Waals surface area (Å²) in [6, 6.07) is 4.55. The van der Waals surface area contributed by atoms with Crippen molar-refractivity contribution in [3.63, 3.8) is 0 Å². The molecular weight excluding hydrogens is 421 g/mol. The van der Waals surface area contributed by atoms with E-state index in [-0.39, 0.29) is 24.0 Å². The predicted molar refractivity (Wildman–Crippen MR) is 111 cm³/mol. The van der Waals surface area contributed by atoms with Gasteiger partial charge in [0, 0.05) is 25.6 Å². The third-order valence-electron chi connectivity index (χ3n) is 3.97. The van der Waals surface area contributed by atoms with Crippen molar-refractivity contribution >= 4 is 41.7 Å². The van der Waals surface area contributed by atoms with Crippen LogP contribution >= 0.6 is 35.7 Å². The average Bonchev–Trinajstić information content (AvgIpc) is 3.20. The summed E-state index contributed by atoms with van der Waals surface area (Å²) in [6.45, 7) is 1.76. The molecule has 1 saturated carbocycles. The zero-order valence-corrected chi connectivity index (χ0v) is 17.2. The maximum absolute atomic E-state index is 5.37. The van der Waals surface area contributed by atoms with Gasteiger partial charge in [-0.2, -0.15) is 11.8 Å². The van der Waals surface area contributed by atoms with Crippen LogP contribution in [-0.4, -0.2) is 37.1 Å². The van der Waals surface area contributed by atoms with Crippen molar-refractivity contribution in [1.82, 2.24) is 10.6 Å². The molecule has 0 saturated heterocycles. The highest BCUT2D eigenvalue weighted by molar-refractivity contribution is 14.0. The summed E-state index contributed by atoms with van der Waals surface area (Å²) in [7, 11) is 0. The number of furan rings is 1. The van der Waals surface area contributed by atoms with Crippen molar-refractivity contribution < 1.29 is 4.42 Å². The molecule has 0 amide bonds. The summed E-state index contributed by atoms with van der Waals surface area (Å²) in [4.78, 5) is 4.73. The van der Waals surface area contributed by atoms with Crippen molar-refractivity contribution in [3.8, 4) is 0 Å². The van der Waals surface area contributed by atoms with E-state index in [2.05, 4.69) is 16.9 Å². The summed E-state index contributed by atoms with van der Waals surface area (Å²) in [5.74, 6) is 3.22. The Kier molecular flexibility index (Phi) is 11.7. The number of unbranched alkanes of at least 4 members (excludes halogenated alkanes) is 1. The topological polar surface area (TPSA) is 49.6 Å². The van der Waals surface area contributed by atoms with Gasteiger partial charge in [-0.1, -0.05) is 12.8 Å². The second kappa shape index (κ2) is 13.0. The molecule has 1 aromatic rings. The molecule has 6 heteroatoms. The fraction of sp³-hybridized carbons (Fsp3) is 0.706. The Labute approximate surface area is 161 Å². The Bertz CT molecular complexity index is 419. The lowest BCUT2D eigenvalue weighted by Gasteiger charge is -2.17. The summed E-state index contributed by atoms with van der Waals surface area (Å²) in [5.41, 5.74) is 0. The number of nitrogens with one attached hydrogen (secondary N) is 2. The first-order valence-corrected chi connectivity index (χ1v) is 9.84. The summed E-state index contributed by atoms with van der Waals surface area (Å²) in [5, 5.41) is 7.04. The lowest BCUT2D eigenvalue weighted by atomic mass is 10.2. The molecule has 23 heavy (non-hydrogen) atoms. The number of nitrogens with zero attached hydrogens (tertiary/aromatic N) is 1. The Morgan fingerprint density at radius 3 is 2.87 bits per heavy atom. The van der Waals surface area contributed by atoms with Crippen molar-refractivity contribution in [3.05, 3.63) is 24.2 Å². The van der Waals surface area contributed by atoms with E-state index in [1.165, 1.54) is 37.9 Å². The van der Waals surface area contributed by atoms with Crippen LogP contribution in [0.1, 0.15) is 44.3 Å². The molecule has 1 aliphatic rings. The summed E-state index contributed by atoms with van der Waals surface area (Å²) < 4.78 is 5.37. The fourth-order valence-electron chi connectivity index (χ4n) is 2.72. The van der Waals surface area contributed by atoms with E-state index < -0.39 is 0 Å². The highest BCUT2D eigenvalue weighted by Gasteiger charge is 2.15. The molecule has 0 atom stereocenters. The van der Waals surface area contributed by atoms with Gasteiger partial charge in [0.1, 0.15) is 5.76 Å². The van der Waals surface area contributed by atoms with Crippen LogP contribution in [0.25, 0.3) is 0 Å². The van der Waals surface area contributed by atoms with Crippen LogP contribution in [0, 0.1) is 0 Å². The first kappa shape index (κ1) is 20.7. The third-order valence-corrected chi connectivity index (χ3v) is 4.66. The Hall–Kier alpha value is -0.370. The van der Waals surface area contributed by atoms with Crippen LogP contribution in [0.5, 0.6) is 0 Å². The van der Waals surface area contributed by atoms with Crippen LogP contribution in [0.15, 0.2) is 27.8 Å². The van der Waals surface area contributed by atoms with Crippen molar-refractivity contribution in [2.45, 2.75) is 51.0 Å². The molecule has 0 aliphatic heterocycles. The van der Waals surface area contributed by atoms with E-state index >= 15 is 0 Å². The van der Waals surface area contributed by atoms with Gasteiger partial charge in [-0.05, 0) is 49.8 Å². The molecular formula is C17H30IN3OS. The van der Waals surface area contributed by atoms with Crippen LogP contribution < -0.4 is 10.6 Å². The van der Waals surface area contributed by atoms with Crippen LogP contribution in [-0.2, 0) is 6.42 Å². The first-order valence-electron chi connectivity index (χ1n) is 8.44. The molecule has 1 heterocycles. The average molecular weight is 451 g/mol. The third kappa shape index (κ3) is 8.88. The Morgan fingerprint density at radius 1 is 1.35 bits per heavy atom. The van der Waals surface area contributed by atoms with Gasteiger partial charge >= 0.3 is 0 Å². The molecule has 0 unspecified atom stereocenters. The van der Waals surface area contributed by atoms with Crippen molar-refractivity contribution in [1.29, 1.82) is 0 Å². The van der Waals surface area contributed by atoms with Crippen LogP contribution in [0.3, 0.4) is 0 Å². The molecule has 0 radical (unpaired) electrons. The molecule has 1 aliphatic carbocycles. The molecule has 0 spiro atoms. The minimum absolute atomic E-state index is 0. The summed E-state index contributed by atoms with van der Waals surface area (Å²) >= 11 is 1.91.